The van der Waals surface area contributed by atoms with Crippen molar-refractivity contribution >= 4 is 0 Å². The summed E-state index contributed by atoms with van der Waals surface area (Å²) in [5, 5.41) is 0. The molecule has 1 aromatic carbocycles. The van der Waals surface area contributed by atoms with Crippen molar-refractivity contribution < 1.29 is 8.98 Å². The van der Waals surface area contributed by atoms with Crippen LogP contribution in [0, 0.1) is 0 Å². The van der Waals surface area contributed by atoms with Gasteiger partial charge in [-0.05, 0) is 12.1 Å². The van der Waals surface area contributed by atoms with Crippen molar-refractivity contribution in [2.24, 2.45) is 14.1 Å². The minimum absolute atomic E-state index is 0.258. The van der Waals surface area contributed by atoms with E-state index in [2.05, 4.69) is 0 Å². The van der Waals surface area contributed by atoms with Crippen LogP contribution in [0.2, 0.25) is 0 Å². The van der Waals surface area contributed by atoms with Crippen molar-refractivity contribution in [3.63, 3.8) is 0 Å². The predicted octanol–water partition coefficient (Wildman–Crippen LogP) is -0.170. The van der Waals surface area contributed by atoms with E-state index in [9.17, 15) is 9.59 Å². The van der Waals surface area contributed by atoms with Crippen LogP contribution >= 0.6 is 0 Å². The number of hydrogen-bond acceptors (Lipinski definition) is 3. The summed E-state index contributed by atoms with van der Waals surface area (Å²) >= 11 is 0. The van der Waals surface area contributed by atoms with Gasteiger partial charge in [-0.2, -0.15) is 14.2 Å². The van der Waals surface area contributed by atoms with E-state index in [1.54, 1.807) is 19.2 Å². The van der Waals surface area contributed by atoms with Crippen molar-refractivity contribution in [3.8, 4) is 11.5 Å². The number of rotatable bonds is 1. The summed E-state index contributed by atoms with van der Waals surface area (Å²) in [4.78, 5) is 23.0. The SMILES string of the molecule is Cn1c(=O)oc(-c2ccccc2)[n+](C)c1=O. The highest BCUT2D eigenvalue weighted by molar-refractivity contribution is 5.49. The Morgan fingerprint density at radius 3 is 2.44 bits per heavy atom. The summed E-state index contributed by atoms with van der Waals surface area (Å²) in [7, 11) is 2.94. The number of nitrogens with zero attached hydrogens (tertiary/aromatic N) is 2. The van der Waals surface area contributed by atoms with Crippen LogP contribution in [0.1, 0.15) is 0 Å². The molecule has 1 heterocycles. The molecule has 0 aliphatic carbocycles. The zero-order valence-corrected chi connectivity index (χ0v) is 9.01. The molecular weight excluding hydrogens is 208 g/mol. The summed E-state index contributed by atoms with van der Waals surface area (Å²) in [6.45, 7) is 0. The normalized spacial score (nSPS) is 10.4. The van der Waals surface area contributed by atoms with Gasteiger partial charge in [-0.3, -0.25) is 0 Å². The molecule has 82 valence electrons. The number of aromatic nitrogens is 2. The maximum Gasteiger partial charge on any atom is 0.518 e. The fraction of sp³-hybridized carbons (Fsp3) is 0.182. The molecule has 0 unspecified atom stereocenters. The van der Waals surface area contributed by atoms with Crippen LogP contribution in [-0.4, -0.2) is 4.57 Å². The summed E-state index contributed by atoms with van der Waals surface area (Å²) in [6.07, 6.45) is 0. The molecule has 16 heavy (non-hydrogen) atoms. The standard InChI is InChI=1S/C11H11N2O3/c1-12-9(8-6-4-3-5-7-8)16-11(15)13(2)10(12)14/h3-7H,1-2H3/q+1. The Balaban J connectivity index is 2.78. The largest absolute Gasteiger partial charge is 0.518 e. The minimum Gasteiger partial charge on any atom is -0.353 e. The van der Waals surface area contributed by atoms with Crippen molar-refractivity contribution in [3.05, 3.63) is 51.4 Å². The molecule has 2 aromatic rings. The summed E-state index contributed by atoms with van der Waals surface area (Å²) in [5.74, 6) is -0.407. The second-order valence-corrected chi connectivity index (χ2v) is 3.44. The quantitative estimate of drug-likeness (QED) is 0.626. The highest BCUT2D eigenvalue weighted by Gasteiger charge is 2.18. The molecule has 5 nitrogen and oxygen atoms in total. The van der Waals surface area contributed by atoms with E-state index in [0.717, 1.165) is 4.57 Å². The molecule has 0 bridgehead atoms. The average Bonchev–Trinajstić information content (AvgIpc) is 2.32. The van der Waals surface area contributed by atoms with E-state index in [-0.39, 0.29) is 5.89 Å². The van der Waals surface area contributed by atoms with Crippen LogP contribution in [0.5, 0.6) is 0 Å². The second-order valence-electron chi connectivity index (χ2n) is 3.44. The Morgan fingerprint density at radius 1 is 1.19 bits per heavy atom. The van der Waals surface area contributed by atoms with E-state index in [1.165, 1.54) is 11.6 Å². The van der Waals surface area contributed by atoms with Crippen LogP contribution in [0.3, 0.4) is 0 Å². The van der Waals surface area contributed by atoms with Crippen LogP contribution in [0.25, 0.3) is 11.5 Å². The topological polar surface area (TPSA) is 56.1 Å². The zero-order valence-electron chi connectivity index (χ0n) is 9.01. The fourth-order valence-electron chi connectivity index (χ4n) is 1.44. The van der Waals surface area contributed by atoms with Gasteiger partial charge >= 0.3 is 17.3 Å². The van der Waals surface area contributed by atoms with E-state index in [4.69, 9.17) is 4.42 Å². The van der Waals surface area contributed by atoms with Gasteiger partial charge in [-0.25, -0.2) is 0 Å². The van der Waals surface area contributed by atoms with Gasteiger partial charge < -0.3 is 4.42 Å². The zero-order chi connectivity index (χ0) is 11.7. The molecule has 1 aromatic heterocycles. The van der Waals surface area contributed by atoms with Gasteiger partial charge in [0.2, 0.25) is 0 Å². The predicted molar refractivity (Wildman–Crippen MR) is 56.8 cm³/mol. The Kier molecular flexibility index (Phi) is 2.44. The smallest absolute Gasteiger partial charge is 0.353 e. The van der Waals surface area contributed by atoms with Gasteiger partial charge in [0.05, 0.1) is 19.7 Å². The second kappa shape index (κ2) is 3.77. The number of benzene rings is 1. The Bertz CT molecular complexity index is 626. The molecule has 2 rings (SSSR count). The molecule has 0 amide bonds. The average molecular weight is 219 g/mol. The van der Waals surface area contributed by atoms with Gasteiger partial charge in [-0.15, -0.1) is 4.57 Å². The van der Waals surface area contributed by atoms with Crippen LogP contribution in [0.15, 0.2) is 44.3 Å². The lowest BCUT2D eigenvalue weighted by molar-refractivity contribution is -0.690. The molecule has 0 aliphatic rings. The van der Waals surface area contributed by atoms with Crippen molar-refractivity contribution in [1.82, 2.24) is 4.57 Å². The van der Waals surface area contributed by atoms with Crippen LogP contribution in [-0.2, 0) is 14.1 Å². The highest BCUT2D eigenvalue weighted by atomic mass is 16.4. The highest BCUT2D eigenvalue weighted by Crippen LogP contribution is 2.10. The molecule has 5 heteroatoms. The van der Waals surface area contributed by atoms with Crippen LogP contribution in [0.4, 0.5) is 0 Å². The third-order valence-electron chi connectivity index (χ3n) is 2.36. The van der Waals surface area contributed by atoms with E-state index in [0.29, 0.717) is 5.56 Å². The summed E-state index contributed by atoms with van der Waals surface area (Å²) < 4.78 is 7.30. The van der Waals surface area contributed by atoms with Gasteiger partial charge in [0, 0.05) is 0 Å². The molecule has 0 aliphatic heterocycles. The molecule has 0 atom stereocenters. The Labute approximate surface area is 91.2 Å². The fourth-order valence-corrected chi connectivity index (χ4v) is 1.44. The van der Waals surface area contributed by atoms with Crippen molar-refractivity contribution in [2.75, 3.05) is 0 Å². The van der Waals surface area contributed by atoms with E-state index < -0.39 is 11.4 Å². The Hall–Kier alpha value is -2.17. The third-order valence-corrected chi connectivity index (χ3v) is 2.36. The summed E-state index contributed by atoms with van der Waals surface area (Å²) in [5.41, 5.74) is 0.287. The first-order chi connectivity index (χ1) is 7.61. The van der Waals surface area contributed by atoms with Crippen LogP contribution < -0.4 is 16.0 Å². The van der Waals surface area contributed by atoms with Gasteiger partial charge in [-0.1, -0.05) is 18.2 Å². The molecule has 0 saturated heterocycles. The Morgan fingerprint density at radius 2 is 1.81 bits per heavy atom. The molecule has 0 fully saturated rings. The van der Waals surface area contributed by atoms with Gasteiger partial charge in [0.1, 0.15) is 0 Å². The molecule has 0 spiro atoms. The molecule has 0 saturated carbocycles. The minimum atomic E-state index is -0.665. The maximum absolute atomic E-state index is 11.6. The molecular formula is C11H11N2O3+. The lowest BCUT2D eigenvalue weighted by atomic mass is 10.2. The van der Waals surface area contributed by atoms with E-state index in [1.807, 2.05) is 18.2 Å². The molecule has 0 radical (unpaired) electrons. The first-order valence-electron chi connectivity index (χ1n) is 4.77. The van der Waals surface area contributed by atoms with Gasteiger partial charge in [0.15, 0.2) is 0 Å². The van der Waals surface area contributed by atoms with Crippen molar-refractivity contribution in [1.29, 1.82) is 0 Å². The lowest BCUT2D eigenvalue weighted by Gasteiger charge is -1.99. The summed E-state index contributed by atoms with van der Waals surface area (Å²) in [6, 6.07) is 9.03. The first-order valence-corrected chi connectivity index (χ1v) is 4.77. The maximum atomic E-state index is 11.6. The van der Waals surface area contributed by atoms with Crippen molar-refractivity contribution in [2.45, 2.75) is 0 Å². The number of hydrogen-bond donors (Lipinski definition) is 0. The third kappa shape index (κ3) is 1.56. The van der Waals surface area contributed by atoms with E-state index >= 15 is 0 Å². The first kappa shape index (κ1) is 10.4. The monoisotopic (exact) mass is 219 g/mol. The molecule has 0 N–H and O–H groups in total. The lowest BCUT2D eigenvalue weighted by Crippen LogP contribution is -2.55. The van der Waals surface area contributed by atoms with Gasteiger partial charge in [0.25, 0.3) is 0 Å².